The van der Waals surface area contributed by atoms with Crippen LogP contribution in [0.4, 0.5) is 4.79 Å². The van der Waals surface area contributed by atoms with E-state index in [4.69, 9.17) is 0 Å². The zero-order valence-corrected chi connectivity index (χ0v) is 14.3. The van der Waals surface area contributed by atoms with Crippen molar-refractivity contribution in [3.63, 3.8) is 0 Å². The molecule has 1 aromatic rings. The maximum atomic E-state index is 12.9. The van der Waals surface area contributed by atoms with Crippen LogP contribution in [0, 0.1) is 0 Å². The summed E-state index contributed by atoms with van der Waals surface area (Å²) >= 11 is 1.56. The molecule has 3 heterocycles. The predicted octanol–water partition coefficient (Wildman–Crippen LogP) is 3.09. The maximum Gasteiger partial charge on any atom is 0.319 e. The molecule has 0 spiro atoms. The first-order chi connectivity index (χ1) is 11.7. The Morgan fingerprint density at radius 3 is 2.96 bits per heavy atom. The molecule has 3 amide bonds. The van der Waals surface area contributed by atoms with Crippen molar-refractivity contribution in [2.45, 2.75) is 38.1 Å². The lowest BCUT2D eigenvalue weighted by Crippen LogP contribution is -2.44. The van der Waals surface area contributed by atoms with Gasteiger partial charge in [-0.25, -0.2) is 4.79 Å². The van der Waals surface area contributed by atoms with Crippen LogP contribution in [0.2, 0.25) is 0 Å². The normalized spacial score (nSPS) is 23.8. The van der Waals surface area contributed by atoms with Crippen LogP contribution >= 0.6 is 11.3 Å². The van der Waals surface area contributed by atoms with Gasteiger partial charge in [0.15, 0.2) is 0 Å². The third-order valence-corrected chi connectivity index (χ3v) is 5.87. The summed E-state index contributed by atoms with van der Waals surface area (Å²) in [6, 6.07) is 3.37. The maximum absolute atomic E-state index is 12.9. The van der Waals surface area contributed by atoms with Crippen molar-refractivity contribution in [3.8, 4) is 0 Å². The molecule has 4 rings (SSSR count). The lowest BCUT2D eigenvalue weighted by Gasteiger charge is -2.24. The van der Waals surface area contributed by atoms with Gasteiger partial charge in [0.25, 0.3) is 5.91 Å². The summed E-state index contributed by atoms with van der Waals surface area (Å²) in [5.74, 6) is 0.0484. The summed E-state index contributed by atoms with van der Waals surface area (Å²) in [4.78, 5) is 27.7. The molecule has 0 radical (unpaired) electrons. The van der Waals surface area contributed by atoms with Crippen LogP contribution in [0.1, 0.15) is 43.0 Å². The number of urea groups is 1. The van der Waals surface area contributed by atoms with Gasteiger partial charge in [0.1, 0.15) is 0 Å². The minimum Gasteiger partial charge on any atom is -0.333 e. The van der Waals surface area contributed by atoms with Crippen LogP contribution in [0.5, 0.6) is 0 Å². The SMILES string of the molecule is O=C1NC2=C(C(=O)N(CCC3=CCCCC3)C2)C(c2cccs2)N1. The van der Waals surface area contributed by atoms with E-state index in [0.29, 0.717) is 12.1 Å². The molecule has 24 heavy (non-hydrogen) atoms. The van der Waals surface area contributed by atoms with E-state index in [0.717, 1.165) is 30.0 Å². The van der Waals surface area contributed by atoms with Crippen molar-refractivity contribution in [1.29, 1.82) is 0 Å². The Kier molecular flexibility index (Phi) is 4.14. The van der Waals surface area contributed by atoms with Gasteiger partial charge in [0, 0.05) is 11.4 Å². The van der Waals surface area contributed by atoms with E-state index < -0.39 is 0 Å². The van der Waals surface area contributed by atoms with Gasteiger partial charge in [-0.1, -0.05) is 17.7 Å². The highest BCUT2D eigenvalue weighted by atomic mass is 32.1. The molecule has 0 bridgehead atoms. The third kappa shape index (κ3) is 2.86. The Morgan fingerprint density at radius 2 is 2.21 bits per heavy atom. The van der Waals surface area contributed by atoms with E-state index in [1.807, 2.05) is 22.4 Å². The van der Waals surface area contributed by atoms with Crippen molar-refractivity contribution in [1.82, 2.24) is 15.5 Å². The first-order valence-corrected chi connectivity index (χ1v) is 9.41. The van der Waals surface area contributed by atoms with Crippen LogP contribution < -0.4 is 10.6 Å². The van der Waals surface area contributed by atoms with Crippen LogP contribution in [-0.4, -0.2) is 29.9 Å². The molecule has 2 aliphatic heterocycles. The standard InChI is InChI=1S/C18H21N3O2S/c22-17-15-13(11-21(17)9-8-12-5-2-1-3-6-12)19-18(23)20-16(15)14-7-4-10-24-14/h4-5,7,10,16H,1-3,6,8-9,11H2,(H2,19,20,23). The summed E-state index contributed by atoms with van der Waals surface area (Å²) < 4.78 is 0. The quantitative estimate of drug-likeness (QED) is 0.825. The molecule has 1 unspecified atom stereocenters. The number of rotatable bonds is 4. The van der Waals surface area contributed by atoms with Gasteiger partial charge < -0.3 is 15.5 Å². The number of hydrogen-bond donors (Lipinski definition) is 2. The highest BCUT2D eigenvalue weighted by Gasteiger charge is 2.40. The highest BCUT2D eigenvalue weighted by Crippen LogP contribution is 2.34. The Labute approximate surface area is 145 Å². The second kappa shape index (κ2) is 6.43. The molecule has 0 aromatic carbocycles. The molecule has 1 atom stereocenters. The molecule has 1 aromatic heterocycles. The van der Waals surface area contributed by atoms with Gasteiger partial charge in [-0.05, 0) is 43.6 Å². The van der Waals surface area contributed by atoms with Crippen LogP contribution in [0.25, 0.3) is 0 Å². The van der Waals surface area contributed by atoms with Crippen molar-refractivity contribution < 1.29 is 9.59 Å². The molecule has 2 N–H and O–H groups in total. The summed E-state index contributed by atoms with van der Waals surface area (Å²) in [7, 11) is 0. The van der Waals surface area contributed by atoms with Gasteiger partial charge in [-0.15, -0.1) is 11.3 Å². The fraction of sp³-hybridized carbons (Fsp3) is 0.444. The molecule has 3 aliphatic rings. The molecule has 1 aliphatic carbocycles. The number of nitrogens with zero attached hydrogens (tertiary/aromatic N) is 1. The minimum absolute atomic E-state index is 0.0484. The Balaban J connectivity index is 1.50. The smallest absolute Gasteiger partial charge is 0.319 e. The molecular formula is C18H21N3O2S. The summed E-state index contributed by atoms with van der Waals surface area (Å²) in [6.07, 6.45) is 8.13. The van der Waals surface area contributed by atoms with Gasteiger partial charge >= 0.3 is 6.03 Å². The van der Waals surface area contributed by atoms with Crippen molar-refractivity contribution in [3.05, 3.63) is 45.3 Å². The van der Waals surface area contributed by atoms with Crippen molar-refractivity contribution in [2.24, 2.45) is 0 Å². The lowest BCUT2D eigenvalue weighted by atomic mass is 9.97. The van der Waals surface area contributed by atoms with E-state index in [-0.39, 0.29) is 18.0 Å². The zero-order chi connectivity index (χ0) is 16.5. The van der Waals surface area contributed by atoms with E-state index in [9.17, 15) is 9.59 Å². The van der Waals surface area contributed by atoms with E-state index in [1.54, 1.807) is 11.3 Å². The Bertz CT molecular complexity index is 721. The Morgan fingerprint density at radius 1 is 1.29 bits per heavy atom. The molecule has 0 saturated carbocycles. The minimum atomic E-state index is -0.319. The van der Waals surface area contributed by atoms with E-state index in [1.165, 1.54) is 24.8 Å². The van der Waals surface area contributed by atoms with Crippen LogP contribution in [-0.2, 0) is 4.79 Å². The number of nitrogens with one attached hydrogen (secondary N) is 2. The van der Waals surface area contributed by atoms with Crippen molar-refractivity contribution in [2.75, 3.05) is 13.1 Å². The summed E-state index contributed by atoms with van der Waals surface area (Å²) in [5.41, 5.74) is 2.94. The second-order valence-corrected chi connectivity index (χ2v) is 7.50. The highest BCUT2D eigenvalue weighted by molar-refractivity contribution is 7.10. The second-order valence-electron chi connectivity index (χ2n) is 6.52. The Hall–Kier alpha value is -2.08. The van der Waals surface area contributed by atoms with E-state index >= 15 is 0 Å². The molecule has 126 valence electrons. The largest absolute Gasteiger partial charge is 0.333 e. The third-order valence-electron chi connectivity index (χ3n) is 4.94. The fourth-order valence-corrected chi connectivity index (χ4v) is 4.47. The predicted molar refractivity (Wildman–Crippen MR) is 93.5 cm³/mol. The zero-order valence-electron chi connectivity index (χ0n) is 13.5. The van der Waals surface area contributed by atoms with Gasteiger partial charge in [0.2, 0.25) is 0 Å². The first kappa shape index (κ1) is 15.4. The topological polar surface area (TPSA) is 61.4 Å². The molecule has 0 fully saturated rings. The average molecular weight is 343 g/mol. The van der Waals surface area contributed by atoms with E-state index in [2.05, 4.69) is 16.7 Å². The van der Waals surface area contributed by atoms with Crippen LogP contribution in [0.3, 0.4) is 0 Å². The van der Waals surface area contributed by atoms with Gasteiger partial charge in [0.05, 0.1) is 23.9 Å². The number of amides is 3. The number of thiophene rings is 1. The first-order valence-electron chi connectivity index (χ1n) is 8.53. The molecule has 0 saturated heterocycles. The summed E-state index contributed by atoms with van der Waals surface area (Å²) in [5, 5.41) is 7.68. The average Bonchev–Trinajstić information content (AvgIpc) is 3.22. The van der Waals surface area contributed by atoms with Crippen LogP contribution in [0.15, 0.2) is 40.4 Å². The van der Waals surface area contributed by atoms with Gasteiger partial charge in [-0.3, -0.25) is 4.79 Å². The van der Waals surface area contributed by atoms with Crippen molar-refractivity contribution >= 4 is 23.3 Å². The fourth-order valence-electron chi connectivity index (χ4n) is 3.69. The summed E-state index contributed by atoms with van der Waals surface area (Å²) in [6.45, 7) is 1.24. The number of carbonyl (C=O) groups is 2. The molecular weight excluding hydrogens is 322 g/mol. The molecule has 5 nitrogen and oxygen atoms in total. The number of carbonyl (C=O) groups excluding carboxylic acids is 2. The monoisotopic (exact) mass is 343 g/mol. The number of hydrogen-bond acceptors (Lipinski definition) is 3. The lowest BCUT2D eigenvalue weighted by molar-refractivity contribution is -0.125. The number of allylic oxidation sites excluding steroid dienone is 1. The molecule has 6 heteroatoms. The van der Waals surface area contributed by atoms with Gasteiger partial charge in [-0.2, -0.15) is 0 Å².